The number of hydrogen-bond acceptors (Lipinski definition) is 6. The van der Waals surface area contributed by atoms with Gasteiger partial charge in [-0.15, -0.1) is 0 Å². The van der Waals surface area contributed by atoms with Crippen molar-refractivity contribution in [3.63, 3.8) is 0 Å². The van der Waals surface area contributed by atoms with Gasteiger partial charge in [-0.1, -0.05) is 43.3 Å². The molecule has 0 saturated carbocycles. The Morgan fingerprint density at radius 3 is 2.59 bits per heavy atom. The molecule has 1 heterocycles. The quantitative estimate of drug-likeness (QED) is 0.308. The van der Waals surface area contributed by atoms with Crippen molar-refractivity contribution in [2.24, 2.45) is 5.92 Å². The van der Waals surface area contributed by atoms with Gasteiger partial charge in [-0.3, -0.25) is 24.5 Å². The molecule has 0 spiro atoms. The van der Waals surface area contributed by atoms with Crippen molar-refractivity contribution in [3.8, 4) is 0 Å². The standard InChI is InChI=1S/C21H20N2O6/c1-2-18(20(25)14-7-4-3-5-8-14)29-21(26)15-11-19(24)22(13-15)16-9-6-10-17(12-16)23(27)28/h3-10,12,15,18H,2,11,13H2,1H3/t15-,18+/m1/s1. The summed E-state index contributed by atoms with van der Waals surface area (Å²) in [6, 6.07) is 14.2. The summed E-state index contributed by atoms with van der Waals surface area (Å²) in [7, 11) is 0. The molecule has 2 aromatic carbocycles. The van der Waals surface area contributed by atoms with E-state index in [1.54, 1.807) is 43.3 Å². The van der Waals surface area contributed by atoms with Crippen LogP contribution in [0.3, 0.4) is 0 Å². The number of Topliss-reactive ketones (excluding diaryl/α,β-unsaturated/α-hetero) is 1. The number of carbonyl (C=O) groups excluding carboxylic acids is 3. The summed E-state index contributed by atoms with van der Waals surface area (Å²) in [6.07, 6.45) is -0.682. The van der Waals surface area contributed by atoms with Gasteiger partial charge in [0.05, 0.1) is 16.5 Å². The molecule has 29 heavy (non-hydrogen) atoms. The summed E-state index contributed by atoms with van der Waals surface area (Å²) in [5, 5.41) is 11.0. The SMILES string of the molecule is CC[C@H](OC(=O)[C@@H]1CC(=O)N(c2cccc([N+](=O)[O-])c2)C1)C(=O)c1ccccc1. The van der Waals surface area contributed by atoms with Crippen molar-refractivity contribution in [2.75, 3.05) is 11.4 Å². The number of esters is 1. The highest BCUT2D eigenvalue weighted by Gasteiger charge is 2.38. The second kappa shape index (κ2) is 8.64. The van der Waals surface area contributed by atoms with Crippen LogP contribution in [0.5, 0.6) is 0 Å². The van der Waals surface area contributed by atoms with E-state index in [0.717, 1.165) is 0 Å². The van der Waals surface area contributed by atoms with Crippen molar-refractivity contribution < 1.29 is 24.0 Å². The summed E-state index contributed by atoms with van der Waals surface area (Å²) < 4.78 is 5.42. The van der Waals surface area contributed by atoms with Crippen molar-refractivity contribution in [2.45, 2.75) is 25.9 Å². The molecule has 1 fully saturated rings. The summed E-state index contributed by atoms with van der Waals surface area (Å²) in [5.74, 6) is -1.97. The molecular formula is C21H20N2O6. The first-order valence-electron chi connectivity index (χ1n) is 9.25. The molecule has 1 saturated heterocycles. The predicted molar refractivity (Wildman–Crippen MR) is 104 cm³/mol. The molecule has 0 unspecified atom stereocenters. The van der Waals surface area contributed by atoms with Crippen molar-refractivity contribution in [1.29, 1.82) is 0 Å². The Morgan fingerprint density at radius 1 is 1.21 bits per heavy atom. The van der Waals surface area contributed by atoms with Crippen LogP contribution in [0.15, 0.2) is 54.6 Å². The maximum absolute atomic E-state index is 12.6. The molecule has 2 aromatic rings. The zero-order valence-electron chi connectivity index (χ0n) is 15.8. The number of ether oxygens (including phenoxy) is 1. The topological polar surface area (TPSA) is 107 Å². The van der Waals surface area contributed by atoms with Crippen LogP contribution in [0.1, 0.15) is 30.1 Å². The number of nitro groups is 1. The lowest BCUT2D eigenvalue weighted by atomic mass is 10.0. The van der Waals surface area contributed by atoms with E-state index in [1.165, 1.54) is 23.1 Å². The van der Waals surface area contributed by atoms with Gasteiger partial charge in [-0.25, -0.2) is 0 Å². The van der Waals surface area contributed by atoms with E-state index in [0.29, 0.717) is 17.7 Å². The first-order chi connectivity index (χ1) is 13.9. The minimum absolute atomic E-state index is 0.0504. The molecule has 1 aliphatic heterocycles. The Bertz CT molecular complexity index is 943. The molecule has 3 rings (SSSR count). The first kappa shape index (κ1) is 20.2. The molecule has 0 N–H and O–H groups in total. The molecule has 8 heteroatoms. The minimum atomic E-state index is -0.924. The van der Waals surface area contributed by atoms with Gasteiger partial charge < -0.3 is 9.64 Å². The molecule has 8 nitrogen and oxygen atoms in total. The smallest absolute Gasteiger partial charge is 0.312 e. The van der Waals surface area contributed by atoms with E-state index in [4.69, 9.17) is 4.74 Å². The lowest BCUT2D eigenvalue weighted by Crippen LogP contribution is -2.31. The third-order valence-corrected chi connectivity index (χ3v) is 4.79. The summed E-state index contributed by atoms with van der Waals surface area (Å²) >= 11 is 0. The third kappa shape index (κ3) is 4.48. The molecular weight excluding hydrogens is 376 g/mol. The minimum Gasteiger partial charge on any atom is -0.454 e. The highest BCUT2D eigenvalue weighted by molar-refractivity contribution is 6.02. The van der Waals surface area contributed by atoms with E-state index >= 15 is 0 Å². The van der Waals surface area contributed by atoms with Gasteiger partial charge in [0.25, 0.3) is 5.69 Å². The van der Waals surface area contributed by atoms with Crippen molar-refractivity contribution in [1.82, 2.24) is 0 Å². The van der Waals surface area contributed by atoms with E-state index in [1.807, 2.05) is 0 Å². The van der Waals surface area contributed by atoms with Gasteiger partial charge >= 0.3 is 5.97 Å². The number of hydrogen-bond donors (Lipinski definition) is 0. The number of nitro benzene ring substituents is 1. The number of benzene rings is 2. The van der Waals surface area contributed by atoms with Gasteiger partial charge in [0.2, 0.25) is 11.7 Å². The number of ketones is 1. The van der Waals surface area contributed by atoms with Crippen molar-refractivity contribution in [3.05, 3.63) is 70.3 Å². The average Bonchev–Trinajstić information content (AvgIpc) is 3.14. The second-order valence-electron chi connectivity index (χ2n) is 6.75. The fourth-order valence-electron chi connectivity index (χ4n) is 3.24. The summed E-state index contributed by atoms with van der Waals surface area (Å²) in [4.78, 5) is 49.2. The zero-order chi connectivity index (χ0) is 21.0. The van der Waals surface area contributed by atoms with Crippen LogP contribution in [-0.2, 0) is 14.3 Å². The Labute approximate surface area is 167 Å². The normalized spacial score (nSPS) is 17.1. The molecule has 1 amide bonds. The van der Waals surface area contributed by atoms with Crippen LogP contribution in [0, 0.1) is 16.0 Å². The van der Waals surface area contributed by atoms with Gasteiger partial charge in [0.1, 0.15) is 0 Å². The molecule has 2 atom stereocenters. The maximum Gasteiger partial charge on any atom is 0.312 e. The average molecular weight is 396 g/mol. The number of rotatable bonds is 7. The largest absolute Gasteiger partial charge is 0.454 e. The Hall–Kier alpha value is -3.55. The van der Waals surface area contributed by atoms with Crippen molar-refractivity contribution >= 4 is 29.0 Å². The molecule has 0 bridgehead atoms. The number of carbonyl (C=O) groups is 3. The third-order valence-electron chi connectivity index (χ3n) is 4.79. The van der Waals surface area contributed by atoms with Crippen LogP contribution >= 0.6 is 0 Å². The lowest BCUT2D eigenvalue weighted by Gasteiger charge is -2.19. The van der Waals surface area contributed by atoms with Crippen LogP contribution in [-0.4, -0.2) is 35.2 Å². The fraction of sp³-hybridized carbons (Fsp3) is 0.286. The number of anilines is 1. The van der Waals surface area contributed by atoms with Gasteiger partial charge in [0, 0.05) is 30.7 Å². The van der Waals surface area contributed by atoms with Gasteiger partial charge in [-0.2, -0.15) is 0 Å². The molecule has 0 aliphatic carbocycles. The monoisotopic (exact) mass is 396 g/mol. The van der Waals surface area contributed by atoms with E-state index < -0.39 is 22.9 Å². The van der Waals surface area contributed by atoms with E-state index in [9.17, 15) is 24.5 Å². The first-order valence-corrected chi connectivity index (χ1v) is 9.25. The number of non-ortho nitro benzene ring substituents is 1. The zero-order valence-corrected chi connectivity index (χ0v) is 15.8. The number of nitrogens with zero attached hydrogens (tertiary/aromatic N) is 2. The summed E-state index contributed by atoms with van der Waals surface area (Å²) in [5.41, 5.74) is 0.667. The molecule has 1 aliphatic rings. The second-order valence-corrected chi connectivity index (χ2v) is 6.75. The number of amides is 1. The van der Waals surface area contributed by atoms with Crippen LogP contribution in [0.25, 0.3) is 0 Å². The Morgan fingerprint density at radius 2 is 1.93 bits per heavy atom. The lowest BCUT2D eigenvalue weighted by molar-refractivity contribution is -0.384. The van der Waals surface area contributed by atoms with Gasteiger partial charge in [-0.05, 0) is 12.5 Å². The van der Waals surface area contributed by atoms with Crippen LogP contribution in [0.2, 0.25) is 0 Å². The molecule has 150 valence electrons. The summed E-state index contributed by atoms with van der Waals surface area (Å²) in [6.45, 7) is 1.79. The fourth-order valence-corrected chi connectivity index (χ4v) is 3.24. The van der Waals surface area contributed by atoms with Crippen LogP contribution < -0.4 is 4.90 Å². The molecule has 0 aromatic heterocycles. The highest BCUT2D eigenvalue weighted by Crippen LogP contribution is 2.29. The van der Waals surface area contributed by atoms with Gasteiger partial charge in [0.15, 0.2) is 6.10 Å². The Kier molecular flexibility index (Phi) is 6.01. The van der Waals surface area contributed by atoms with Crippen LogP contribution in [0.4, 0.5) is 11.4 Å². The predicted octanol–water partition coefficient (Wildman–Crippen LogP) is 3.15. The highest BCUT2D eigenvalue weighted by atomic mass is 16.6. The van der Waals surface area contributed by atoms with E-state index in [2.05, 4.69) is 0 Å². The van der Waals surface area contributed by atoms with E-state index in [-0.39, 0.29) is 30.3 Å². The molecule has 0 radical (unpaired) electrons. The maximum atomic E-state index is 12.6. The Balaban J connectivity index is 1.69.